The molecule has 0 saturated heterocycles. The van der Waals surface area contributed by atoms with Gasteiger partial charge in [-0.3, -0.25) is 9.59 Å². The molecule has 0 saturated carbocycles. The van der Waals surface area contributed by atoms with Gasteiger partial charge in [-0.05, 0) is 38.1 Å². The van der Waals surface area contributed by atoms with E-state index >= 15 is 0 Å². The summed E-state index contributed by atoms with van der Waals surface area (Å²) in [6, 6.07) is 14.4. The van der Waals surface area contributed by atoms with Crippen molar-refractivity contribution in [3.63, 3.8) is 0 Å². The lowest BCUT2D eigenvalue weighted by atomic mass is 10.0. The maximum atomic E-state index is 12.3. The second-order valence-corrected chi connectivity index (χ2v) is 5.12. The van der Waals surface area contributed by atoms with Crippen molar-refractivity contribution >= 4 is 11.8 Å². The smallest absolute Gasteiger partial charge is 0.309 e. The molecular formula is C21H24O4. The van der Waals surface area contributed by atoms with Crippen LogP contribution in [0.1, 0.15) is 34.8 Å². The number of benzene rings is 2. The Hall–Kier alpha value is -2.88. The summed E-state index contributed by atoms with van der Waals surface area (Å²) in [5.41, 5.74) is 2.38. The Kier molecular flexibility index (Phi) is 8.72. The first kappa shape index (κ1) is 20.2. The second kappa shape index (κ2) is 10.8. The molecule has 0 unspecified atom stereocenters. The molecule has 0 atom stereocenters. The lowest BCUT2D eigenvalue weighted by Crippen LogP contribution is -2.09. The third-order valence-electron chi connectivity index (χ3n) is 3.31. The number of rotatable bonds is 7. The van der Waals surface area contributed by atoms with Crippen molar-refractivity contribution in [3.05, 3.63) is 78.4 Å². The van der Waals surface area contributed by atoms with E-state index < -0.39 is 0 Å². The van der Waals surface area contributed by atoms with E-state index in [-0.39, 0.29) is 24.8 Å². The molecule has 2 aromatic carbocycles. The van der Waals surface area contributed by atoms with Crippen LogP contribution < -0.4 is 4.74 Å². The Bertz CT molecular complexity index is 672. The standard InChI is InChI=1S/C19H20O4.C2H4/c1-3-22-18(20)12-13-23-17-10-8-16(9-11-17)19(21)15-6-4-14(2)5-7-15;1-2/h4-11H,3,12-13H2,1-2H3;1-2H2. The van der Waals surface area contributed by atoms with Gasteiger partial charge in [-0.15, -0.1) is 13.2 Å². The molecule has 0 N–H and O–H groups in total. The van der Waals surface area contributed by atoms with Crippen molar-refractivity contribution in [2.45, 2.75) is 20.3 Å². The van der Waals surface area contributed by atoms with Gasteiger partial charge in [-0.25, -0.2) is 0 Å². The molecule has 25 heavy (non-hydrogen) atoms. The van der Waals surface area contributed by atoms with Crippen LogP contribution in [0.4, 0.5) is 0 Å². The van der Waals surface area contributed by atoms with E-state index in [2.05, 4.69) is 13.2 Å². The monoisotopic (exact) mass is 340 g/mol. The highest BCUT2D eigenvalue weighted by Gasteiger charge is 2.09. The minimum atomic E-state index is -0.279. The molecule has 4 heteroatoms. The van der Waals surface area contributed by atoms with Crippen molar-refractivity contribution in [1.29, 1.82) is 0 Å². The van der Waals surface area contributed by atoms with Crippen LogP contribution in [0.2, 0.25) is 0 Å². The molecule has 0 aliphatic heterocycles. The molecule has 0 heterocycles. The third kappa shape index (κ3) is 6.63. The lowest BCUT2D eigenvalue weighted by Gasteiger charge is -2.07. The average molecular weight is 340 g/mol. The molecule has 0 spiro atoms. The van der Waals surface area contributed by atoms with Gasteiger partial charge in [0.15, 0.2) is 5.78 Å². The topological polar surface area (TPSA) is 52.6 Å². The SMILES string of the molecule is C=C.CCOC(=O)CCOc1ccc(C(=O)c2ccc(C)cc2)cc1. The summed E-state index contributed by atoms with van der Waals surface area (Å²) in [5, 5.41) is 0. The fraction of sp³-hybridized carbons (Fsp3) is 0.238. The zero-order chi connectivity index (χ0) is 18.7. The molecule has 0 bridgehead atoms. The van der Waals surface area contributed by atoms with E-state index in [4.69, 9.17) is 9.47 Å². The number of carbonyl (C=O) groups is 2. The maximum absolute atomic E-state index is 12.3. The number of ether oxygens (including phenoxy) is 2. The fourth-order valence-electron chi connectivity index (χ4n) is 2.06. The zero-order valence-electron chi connectivity index (χ0n) is 14.8. The van der Waals surface area contributed by atoms with Crippen LogP contribution in [0, 0.1) is 6.92 Å². The summed E-state index contributed by atoms with van der Waals surface area (Å²) in [5.74, 6) is 0.316. The highest BCUT2D eigenvalue weighted by atomic mass is 16.5. The Morgan fingerprint density at radius 2 is 1.44 bits per heavy atom. The summed E-state index contributed by atoms with van der Waals surface area (Å²) < 4.78 is 10.3. The summed E-state index contributed by atoms with van der Waals surface area (Å²) in [6.07, 6.45) is 0.206. The summed E-state index contributed by atoms with van der Waals surface area (Å²) in [7, 11) is 0. The molecular weight excluding hydrogens is 316 g/mol. The number of ketones is 1. The maximum Gasteiger partial charge on any atom is 0.309 e. The van der Waals surface area contributed by atoms with Crippen molar-refractivity contribution in [2.75, 3.05) is 13.2 Å². The minimum absolute atomic E-state index is 0.0249. The first-order chi connectivity index (χ1) is 12.1. The number of aryl methyl sites for hydroxylation is 1. The minimum Gasteiger partial charge on any atom is -0.493 e. The lowest BCUT2D eigenvalue weighted by molar-refractivity contribution is -0.143. The molecule has 0 amide bonds. The van der Waals surface area contributed by atoms with Gasteiger partial charge in [0.1, 0.15) is 5.75 Å². The molecule has 2 aromatic rings. The summed E-state index contributed by atoms with van der Waals surface area (Å²) >= 11 is 0. The molecule has 2 rings (SSSR count). The van der Waals surface area contributed by atoms with Gasteiger partial charge in [0.2, 0.25) is 0 Å². The molecule has 0 aromatic heterocycles. The van der Waals surface area contributed by atoms with Crippen LogP contribution >= 0.6 is 0 Å². The number of hydrogen-bond donors (Lipinski definition) is 0. The molecule has 0 aliphatic carbocycles. The Labute approximate surface area is 149 Å². The second-order valence-electron chi connectivity index (χ2n) is 5.12. The number of hydrogen-bond acceptors (Lipinski definition) is 4. The zero-order valence-corrected chi connectivity index (χ0v) is 14.8. The van der Waals surface area contributed by atoms with Crippen molar-refractivity contribution < 1.29 is 19.1 Å². The van der Waals surface area contributed by atoms with E-state index in [1.807, 2.05) is 31.2 Å². The van der Waals surface area contributed by atoms with Gasteiger partial charge in [0.25, 0.3) is 0 Å². The Balaban J connectivity index is 0.00000151. The Morgan fingerprint density at radius 3 is 1.96 bits per heavy atom. The third-order valence-corrected chi connectivity index (χ3v) is 3.31. The molecule has 0 aliphatic rings. The quantitative estimate of drug-likeness (QED) is 0.427. The summed E-state index contributed by atoms with van der Waals surface area (Å²) in [4.78, 5) is 23.6. The normalized spacial score (nSPS) is 9.52. The van der Waals surface area contributed by atoms with Gasteiger partial charge in [0.05, 0.1) is 19.6 Å². The Morgan fingerprint density at radius 1 is 0.920 bits per heavy atom. The molecule has 4 nitrogen and oxygen atoms in total. The van der Waals surface area contributed by atoms with Crippen molar-refractivity contribution in [1.82, 2.24) is 0 Å². The number of carbonyl (C=O) groups excluding carboxylic acids is 2. The van der Waals surface area contributed by atoms with Gasteiger partial charge in [0, 0.05) is 11.1 Å². The number of esters is 1. The van der Waals surface area contributed by atoms with Gasteiger partial charge in [-0.1, -0.05) is 29.8 Å². The van der Waals surface area contributed by atoms with Crippen LogP contribution in [0.15, 0.2) is 61.7 Å². The van der Waals surface area contributed by atoms with E-state index in [0.29, 0.717) is 23.5 Å². The summed E-state index contributed by atoms with van der Waals surface area (Å²) in [6.45, 7) is 10.4. The fourth-order valence-corrected chi connectivity index (χ4v) is 2.06. The van der Waals surface area contributed by atoms with Gasteiger partial charge >= 0.3 is 5.97 Å². The van der Waals surface area contributed by atoms with E-state index in [0.717, 1.165) is 5.56 Å². The molecule has 0 radical (unpaired) electrons. The molecule has 132 valence electrons. The first-order valence-electron chi connectivity index (χ1n) is 8.10. The first-order valence-corrected chi connectivity index (χ1v) is 8.10. The van der Waals surface area contributed by atoms with Crippen LogP contribution in [0.3, 0.4) is 0 Å². The average Bonchev–Trinajstić information content (AvgIpc) is 2.64. The highest BCUT2D eigenvalue weighted by Crippen LogP contribution is 2.16. The van der Waals surface area contributed by atoms with Crippen LogP contribution in [-0.2, 0) is 9.53 Å². The predicted octanol–water partition coefficient (Wildman–Crippen LogP) is 4.36. The predicted molar refractivity (Wildman–Crippen MR) is 99.1 cm³/mol. The van der Waals surface area contributed by atoms with E-state index in [1.165, 1.54) is 0 Å². The van der Waals surface area contributed by atoms with Gasteiger partial charge in [-0.2, -0.15) is 0 Å². The van der Waals surface area contributed by atoms with Crippen LogP contribution in [0.25, 0.3) is 0 Å². The van der Waals surface area contributed by atoms with Crippen molar-refractivity contribution in [2.24, 2.45) is 0 Å². The molecule has 0 fully saturated rings. The van der Waals surface area contributed by atoms with Crippen molar-refractivity contribution in [3.8, 4) is 5.75 Å². The van der Waals surface area contributed by atoms with E-state index in [9.17, 15) is 9.59 Å². The largest absolute Gasteiger partial charge is 0.493 e. The van der Waals surface area contributed by atoms with Crippen LogP contribution in [0.5, 0.6) is 5.75 Å². The van der Waals surface area contributed by atoms with Gasteiger partial charge < -0.3 is 9.47 Å². The van der Waals surface area contributed by atoms with Crippen LogP contribution in [-0.4, -0.2) is 25.0 Å². The van der Waals surface area contributed by atoms with E-state index in [1.54, 1.807) is 31.2 Å². The highest BCUT2D eigenvalue weighted by molar-refractivity contribution is 6.09.